The molecule has 0 N–H and O–H groups in total. The Labute approximate surface area is 74.9 Å². The van der Waals surface area contributed by atoms with E-state index in [2.05, 4.69) is 19.1 Å². The number of rotatable bonds is 4. The summed E-state index contributed by atoms with van der Waals surface area (Å²) < 4.78 is 0. The molecular weight excluding hydrogens is 148 g/mol. The average molecular weight is 166 g/mol. The molecule has 1 aliphatic rings. The lowest BCUT2D eigenvalue weighted by molar-refractivity contribution is -0.119. The molecule has 0 bridgehead atoms. The zero-order chi connectivity index (χ0) is 8.97. The Morgan fingerprint density at radius 3 is 2.83 bits per heavy atom. The van der Waals surface area contributed by atoms with Gasteiger partial charge in [-0.05, 0) is 24.7 Å². The van der Waals surface area contributed by atoms with Gasteiger partial charge in [0.1, 0.15) is 5.78 Å². The molecule has 1 rings (SSSR count). The highest BCUT2D eigenvalue weighted by molar-refractivity contribution is 5.77. The van der Waals surface area contributed by atoms with Crippen LogP contribution in [0.2, 0.25) is 0 Å². The fourth-order valence-electron chi connectivity index (χ4n) is 1.72. The third-order valence-corrected chi connectivity index (χ3v) is 2.77. The molecule has 0 saturated carbocycles. The molecule has 0 aliphatic heterocycles. The molecule has 0 amide bonds. The molecule has 2 atom stereocenters. The molecule has 1 heteroatoms. The van der Waals surface area contributed by atoms with Crippen LogP contribution >= 0.6 is 0 Å². The fraction of sp³-hybridized carbons (Fsp3) is 0.727. The fourth-order valence-corrected chi connectivity index (χ4v) is 1.72. The van der Waals surface area contributed by atoms with Crippen LogP contribution in [0.1, 0.15) is 39.5 Å². The van der Waals surface area contributed by atoms with Crippen molar-refractivity contribution < 1.29 is 4.79 Å². The number of Topliss-reactive ketones (excluding diaryl/α,β-unsaturated/α-hetero) is 1. The first-order valence-corrected chi connectivity index (χ1v) is 4.92. The molecule has 0 saturated heterocycles. The van der Waals surface area contributed by atoms with E-state index >= 15 is 0 Å². The minimum Gasteiger partial charge on any atom is -0.300 e. The highest BCUT2D eigenvalue weighted by Gasteiger charge is 2.18. The van der Waals surface area contributed by atoms with Crippen LogP contribution in [0.5, 0.6) is 0 Å². The van der Waals surface area contributed by atoms with Gasteiger partial charge in [0.25, 0.3) is 0 Å². The van der Waals surface area contributed by atoms with Crippen molar-refractivity contribution in [3.8, 4) is 0 Å². The van der Waals surface area contributed by atoms with Gasteiger partial charge in [-0.1, -0.05) is 26.0 Å². The lowest BCUT2D eigenvalue weighted by Gasteiger charge is -2.13. The molecule has 1 aliphatic carbocycles. The maximum Gasteiger partial charge on any atom is 0.132 e. The first-order chi connectivity index (χ1) is 5.74. The quantitative estimate of drug-likeness (QED) is 0.587. The monoisotopic (exact) mass is 166 g/mol. The van der Waals surface area contributed by atoms with Gasteiger partial charge in [-0.3, -0.25) is 4.79 Å². The number of carbonyl (C=O) groups is 1. The van der Waals surface area contributed by atoms with Crippen LogP contribution in [0.25, 0.3) is 0 Å². The van der Waals surface area contributed by atoms with Crippen LogP contribution in [0.4, 0.5) is 0 Å². The number of hydrogen-bond acceptors (Lipinski definition) is 1. The van der Waals surface area contributed by atoms with Crippen molar-refractivity contribution in [1.29, 1.82) is 0 Å². The average Bonchev–Trinajstić information content (AvgIpc) is 2.47. The van der Waals surface area contributed by atoms with Gasteiger partial charge in [-0.15, -0.1) is 0 Å². The smallest absolute Gasteiger partial charge is 0.132 e. The SMILES string of the molecule is CCC(=O)CC[C@H]1C=CCC1C. The van der Waals surface area contributed by atoms with Crippen LogP contribution in [0, 0.1) is 11.8 Å². The van der Waals surface area contributed by atoms with E-state index in [1.54, 1.807) is 0 Å². The Kier molecular flexibility index (Phi) is 3.51. The summed E-state index contributed by atoms with van der Waals surface area (Å²) in [5.74, 6) is 1.83. The van der Waals surface area contributed by atoms with E-state index in [4.69, 9.17) is 0 Å². The highest BCUT2D eigenvalue weighted by atomic mass is 16.1. The van der Waals surface area contributed by atoms with Crippen LogP contribution in [-0.4, -0.2) is 5.78 Å². The van der Waals surface area contributed by atoms with Gasteiger partial charge in [0, 0.05) is 12.8 Å². The molecule has 0 spiro atoms. The summed E-state index contributed by atoms with van der Waals surface area (Å²) in [7, 11) is 0. The van der Waals surface area contributed by atoms with Crippen molar-refractivity contribution in [2.24, 2.45) is 11.8 Å². The van der Waals surface area contributed by atoms with Crippen LogP contribution in [0.3, 0.4) is 0 Å². The van der Waals surface area contributed by atoms with Crippen LogP contribution in [-0.2, 0) is 4.79 Å². The minimum atomic E-state index is 0.405. The Morgan fingerprint density at radius 1 is 1.58 bits per heavy atom. The summed E-state index contributed by atoms with van der Waals surface area (Å²) in [4.78, 5) is 11.1. The van der Waals surface area contributed by atoms with Crippen LogP contribution < -0.4 is 0 Å². The third-order valence-electron chi connectivity index (χ3n) is 2.77. The van der Waals surface area contributed by atoms with Gasteiger partial charge in [0.05, 0.1) is 0 Å². The third kappa shape index (κ3) is 2.47. The maximum atomic E-state index is 11.1. The van der Waals surface area contributed by atoms with Gasteiger partial charge in [-0.2, -0.15) is 0 Å². The summed E-state index contributed by atoms with van der Waals surface area (Å²) in [6, 6.07) is 0. The number of ketones is 1. The molecule has 0 heterocycles. The number of carbonyl (C=O) groups excluding carboxylic acids is 1. The summed E-state index contributed by atoms with van der Waals surface area (Å²) in [5, 5.41) is 0. The van der Waals surface area contributed by atoms with Crippen molar-refractivity contribution in [3.05, 3.63) is 12.2 Å². The largest absolute Gasteiger partial charge is 0.300 e. The molecule has 68 valence electrons. The van der Waals surface area contributed by atoms with Gasteiger partial charge in [-0.25, -0.2) is 0 Å². The van der Waals surface area contributed by atoms with E-state index in [1.807, 2.05) is 6.92 Å². The summed E-state index contributed by atoms with van der Waals surface area (Å²) >= 11 is 0. The van der Waals surface area contributed by atoms with E-state index in [0.717, 1.165) is 18.8 Å². The summed E-state index contributed by atoms with van der Waals surface area (Å²) in [6.07, 6.45) is 8.25. The van der Waals surface area contributed by atoms with E-state index in [1.165, 1.54) is 6.42 Å². The van der Waals surface area contributed by atoms with Crippen molar-refractivity contribution in [1.82, 2.24) is 0 Å². The zero-order valence-corrected chi connectivity index (χ0v) is 8.05. The van der Waals surface area contributed by atoms with Gasteiger partial charge in [0.2, 0.25) is 0 Å². The van der Waals surface area contributed by atoms with E-state index in [-0.39, 0.29) is 0 Å². The van der Waals surface area contributed by atoms with Crippen molar-refractivity contribution in [2.45, 2.75) is 39.5 Å². The second kappa shape index (κ2) is 4.44. The Bertz CT molecular complexity index is 181. The molecule has 0 fully saturated rings. The van der Waals surface area contributed by atoms with Gasteiger partial charge in [0.15, 0.2) is 0 Å². The van der Waals surface area contributed by atoms with Gasteiger partial charge >= 0.3 is 0 Å². The molecule has 0 aromatic carbocycles. The molecule has 0 aromatic heterocycles. The first-order valence-electron chi connectivity index (χ1n) is 4.92. The predicted molar refractivity (Wildman–Crippen MR) is 50.9 cm³/mol. The second-order valence-electron chi connectivity index (χ2n) is 3.74. The molecule has 0 radical (unpaired) electrons. The summed E-state index contributed by atoms with van der Waals surface area (Å²) in [5.41, 5.74) is 0. The van der Waals surface area contributed by atoms with E-state index < -0.39 is 0 Å². The molecule has 0 aromatic rings. The molecular formula is C11H18O. The normalized spacial score (nSPS) is 27.8. The number of allylic oxidation sites excluding steroid dienone is 2. The second-order valence-corrected chi connectivity index (χ2v) is 3.74. The standard InChI is InChI=1S/C11H18O/c1-3-11(12)8-7-10-6-4-5-9(10)2/h4,6,9-10H,3,5,7-8H2,1-2H3/t9?,10-/m1/s1. The Morgan fingerprint density at radius 2 is 2.33 bits per heavy atom. The van der Waals surface area contributed by atoms with Gasteiger partial charge < -0.3 is 0 Å². The molecule has 1 unspecified atom stereocenters. The minimum absolute atomic E-state index is 0.405. The lowest BCUT2D eigenvalue weighted by atomic mass is 9.92. The van der Waals surface area contributed by atoms with E-state index in [9.17, 15) is 4.79 Å². The lowest BCUT2D eigenvalue weighted by Crippen LogP contribution is -2.06. The zero-order valence-electron chi connectivity index (χ0n) is 8.05. The first kappa shape index (κ1) is 9.50. The number of hydrogen-bond donors (Lipinski definition) is 0. The van der Waals surface area contributed by atoms with E-state index in [0.29, 0.717) is 18.1 Å². The van der Waals surface area contributed by atoms with Crippen LogP contribution in [0.15, 0.2) is 12.2 Å². The maximum absolute atomic E-state index is 11.1. The van der Waals surface area contributed by atoms with Crippen molar-refractivity contribution in [3.63, 3.8) is 0 Å². The topological polar surface area (TPSA) is 17.1 Å². The van der Waals surface area contributed by atoms with Crippen molar-refractivity contribution >= 4 is 5.78 Å². The van der Waals surface area contributed by atoms with Crippen molar-refractivity contribution in [2.75, 3.05) is 0 Å². The molecule has 12 heavy (non-hydrogen) atoms. The highest BCUT2D eigenvalue weighted by Crippen LogP contribution is 2.28. The summed E-state index contributed by atoms with van der Waals surface area (Å²) in [6.45, 7) is 4.21. The predicted octanol–water partition coefficient (Wildman–Crippen LogP) is 2.96. The molecule has 1 nitrogen and oxygen atoms in total. The Hall–Kier alpha value is -0.590. The Balaban J connectivity index is 2.23.